The molecule has 1 aromatic rings. The lowest BCUT2D eigenvalue weighted by molar-refractivity contribution is 0.249. The van der Waals surface area contributed by atoms with E-state index >= 15 is 0 Å². The van der Waals surface area contributed by atoms with E-state index in [1.807, 2.05) is 13.0 Å². The first kappa shape index (κ1) is 13.2. The number of nitrogens with zero attached hydrogens (tertiary/aromatic N) is 1. The normalized spacial score (nSPS) is 9.71. The number of carbonyl (C=O) groups excluding carboxylic acids is 1. The molecule has 0 atom stereocenters. The molecule has 0 spiro atoms. The third kappa shape index (κ3) is 2.61. The van der Waals surface area contributed by atoms with Crippen LogP contribution in [0.15, 0.2) is 12.1 Å². The number of nitrogens with one attached hydrogen (secondary N) is 1. The molecule has 0 aromatic heterocycles. The predicted molar refractivity (Wildman–Crippen MR) is 67.1 cm³/mol. The Morgan fingerprint density at radius 1 is 1.29 bits per heavy atom. The summed E-state index contributed by atoms with van der Waals surface area (Å²) in [5.74, 6) is 1.31. The maximum absolute atomic E-state index is 11.6. The number of urea groups is 1. The molecular weight excluding hydrogens is 220 g/mol. The molecule has 94 valence electrons. The molecular formula is C12H18N2O3. The van der Waals surface area contributed by atoms with Crippen LogP contribution in [0.2, 0.25) is 0 Å². The molecule has 1 N–H and O–H groups in total. The van der Waals surface area contributed by atoms with Gasteiger partial charge in [0, 0.05) is 20.2 Å². The fourth-order valence-electron chi connectivity index (χ4n) is 1.69. The molecule has 0 saturated heterocycles. The van der Waals surface area contributed by atoms with Gasteiger partial charge in [0.2, 0.25) is 0 Å². The van der Waals surface area contributed by atoms with Gasteiger partial charge in [0.05, 0.1) is 19.9 Å². The van der Waals surface area contributed by atoms with E-state index in [-0.39, 0.29) is 6.03 Å². The van der Waals surface area contributed by atoms with Crippen LogP contribution in [0.3, 0.4) is 0 Å². The first-order chi connectivity index (χ1) is 8.04. The highest BCUT2D eigenvalue weighted by atomic mass is 16.5. The molecule has 0 saturated carbocycles. The fraction of sp³-hybridized carbons (Fsp3) is 0.417. The van der Waals surface area contributed by atoms with Gasteiger partial charge in [-0.05, 0) is 18.6 Å². The Morgan fingerprint density at radius 2 is 1.94 bits per heavy atom. The summed E-state index contributed by atoms with van der Waals surface area (Å²) in [7, 11) is 6.44. The number of ether oxygens (including phenoxy) is 2. The highest BCUT2D eigenvalue weighted by Crippen LogP contribution is 2.35. The summed E-state index contributed by atoms with van der Waals surface area (Å²) in [6, 6.07) is 3.41. The van der Waals surface area contributed by atoms with Crippen molar-refractivity contribution in [2.45, 2.75) is 6.92 Å². The molecule has 2 amide bonds. The molecule has 5 heteroatoms. The molecule has 0 bridgehead atoms. The monoisotopic (exact) mass is 238 g/mol. The van der Waals surface area contributed by atoms with E-state index in [2.05, 4.69) is 5.32 Å². The molecule has 0 radical (unpaired) electrons. The summed E-state index contributed by atoms with van der Waals surface area (Å²) in [6.45, 7) is 1.90. The minimum atomic E-state index is -0.198. The standard InChI is InChI=1S/C12H18N2O3/c1-8-6-9(16-4)7-10(17-5)11(8)14(3)12(15)13-2/h6-7H,1-5H3,(H,13,15). The van der Waals surface area contributed by atoms with Crippen molar-refractivity contribution in [3.8, 4) is 11.5 Å². The van der Waals surface area contributed by atoms with Crippen molar-refractivity contribution in [2.75, 3.05) is 33.2 Å². The van der Waals surface area contributed by atoms with Gasteiger partial charge >= 0.3 is 6.03 Å². The minimum Gasteiger partial charge on any atom is -0.497 e. The summed E-state index contributed by atoms with van der Waals surface area (Å²) in [6.07, 6.45) is 0. The second-order valence-electron chi connectivity index (χ2n) is 3.61. The maximum Gasteiger partial charge on any atom is 0.321 e. The number of carbonyl (C=O) groups is 1. The summed E-state index contributed by atoms with van der Waals surface area (Å²) < 4.78 is 10.4. The van der Waals surface area contributed by atoms with Gasteiger partial charge < -0.3 is 14.8 Å². The summed E-state index contributed by atoms with van der Waals surface area (Å²) in [5, 5.41) is 2.57. The van der Waals surface area contributed by atoms with Crippen molar-refractivity contribution >= 4 is 11.7 Å². The Morgan fingerprint density at radius 3 is 2.41 bits per heavy atom. The zero-order valence-electron chi connectivity index (χ0n) is 10.8. The van der Waals surface area contributed by atoms with Crippen LogP contribution in [-0.4, -0.2) is 34.3 Å². The highest BCUT2D eigenvalue weighted by Gasteiger charge is 2.17. The van der Waals surface area contributed by atoms with Gasteiger partial charge in [-0.3, -0.25) is 4.90 Å². The molecule has 1 aromatic carbocycles. The zero-order valence-corrected chi connectivity index (χ0v) is 10.8. The molecule has 17 heavy (non-hydrogen) atoms. The van der Waals surface area contributed by atoms with Crippen LogP contribution in [0.5, 0.6) is 11.5 Å². The van der Waals surface area contributed by atoms with Crippen LogP contribution < -0.4 is 19.7 Å². The largest absolute Gasteiger partial charge is 0.497 e. The van der Waals surface area contributed by atoms with Crippen molar-refractivity contribution in [3.05, 3.63) is 17.7 Å². The van der Waals surface area contributed by atoms with Crippen molar-refractivity contribution in [2.24, 2.45) is 0 Å². The summed E-state index contributed by atoms with van der Waals surface area (Å²) in [4.78, 5) is 13.1. The molecule has 0 aliphatic rings. The smallest absolute Gasteiger partial charge is 0.321 e. The van der Waals surface area contributed by atoms with Gasteiger partial charge in [0.25, 0.3) is 0 Å². The zero-order chi connectivity index (χ0) is 13.0. The number of hydrogen-bond acceptors (Lipinski definition) is 3. The molecule has 0 unspecified atom stereocenters. The predicted octanol–water partition coefficient (Wildman–Crippen LogP) is 1.79. The van der Waals surface area contributed by atoms with Crippen molar-refractivity contribution in [1.82, 2.24) is 5.32 Å². The number of aryl methyl sites for hydroxylation is 1. The van der Waals surface area contributed by atoms with Crippen molar-refractivity contribution < 1.29 is 14.3 Å². The van der Waals surface area contributed by atoms with Crippen molar-refractivity contribution in [3.63, 3.8) is 0 Å². The van der Waals surface area contributed by atoms with E-state index < -0.39 is 0 Å². The Labute approximate surface area is 101 Å². The number of methoxy groups -OCH3 is 2. The third-order valence-electron chi connectivity index (χ3n) is 2.55. The van der Waals surface area contributed by atoms with Gasteiger partial charge in [0.15, 0.2) is 0 Å². The van der Waals surface area contributed by atoms with Crippen LogP contribution in [0.4, 0.5) is 10.5 Å². The van der Waals surface area contributed by atoms with Crippen LogP contribution >= 0.6 is 0 Å². The van der Waals surface area contributed by atoms with E-state index in [1.54, 1.807) is 34.4 Å². The van der Waals surface area contributed by atoms with Gasteiger partial charge in [-0.2, -0.15) is 0 Å². The summed E-state index contributed by atoms with van der Waals surface area (Å²) >= 11 is 0. The SMILES string of the molecule is CNC(=O)N(C)c1c(C)cc(OC)cc1OC. The number of amides is 2. The highest BCUT2D eigenvalue weighted by molar-refractivity contribution is 5.94. The average molecular weight is 238 g/mol. The number of anilines is 1. The van der Waals surface area contributed by atoms with E-state index in [1.165, 1.54) is 4.90 Å². The Balaban J connectivity index is 3.27. The number of hydrogen-bond donors (Lipinski definition) is 1. The molecule has 5 nitrogen and oxygen atoms in total. The van der Waals surface area contributed by atoms with Crippen LogP contribution in [-0.2, 0) is 0 Å². The topological polar surface area (TPSA) is 50.8 Å². The fourth-order valence-corrected chi connectivity index (χ4v) is 1.69. The number of rotatable bonds is 3. The van der Waals surface area contributed by atoms with Gasteiger partial charge in [-0.1, -0.05) is 0 Å². The lowest BCUT2D eigenvalue weighted by atomic mass is 10.1. The van der Waals surface area contributed by atoms with E-state index in [4.69, 9.17) is 9.47 Å². The maximum atomic E-state index is 11.6. The summed E-state index contributed by atoms with van der Waals surface area (Å²) in [5.41, 5.74) is 1.64. The molecule has 0 fully saturated rings. The van der Waals surface area contributed by atoms with Crippen LogP contribution in [0.25, 0.3) is 0 Å². The second-order valence-corrected chi connectivity index (χ2v) is 3.61. The Hall–Kier alpha value is -1.91. The number of benzene rings is 1. The Bertz CT molecular complexity index is 418. The quantitative estimate of drug-likeness (QED) is 0.873. The minimum absolute atomic E-state index is 0.198. The van der Waals surface area contributed by atoms with Crippen molar-refractivity contribution in [1.29, 1.82) is 0 Å². The molecule has 0 heterocycles. The van der Waals surface area contributed by atoms with Gasteiger partial charge in [-0.15, -0.1) is 0 Å². The van der Waals surface area contributed by atoms with Gasteiger partial charge in [-0.25, -0.2) is 4.79 Å². The first-order valence-electron chi connectivity index (χ1n) is 5.23. The third-order valence-corrected chi connectivity index (χ3v) is 2.55. The Kier molecular flexibility index (Phi) is 4.20. The molecule has 0 aliphatic carbocycles. The van der Waals surface area contributed by atoms with Crippen LogP contribution in [0.1, 0.15) is 5.56 Å². The molecule has 1 rings (SSSR count). The van der Waals surface area contributed by atoms with E-state index in [0.29, 0.717) is 11.5 Å². The van der Waals surface area contributed by atoms with Crippen LogP contribution in [0, 0.1) is 6.92 Å². The lowest BCUT2D eigenvalue weighted by Crippen LogP contribution is -2.35. The lowest BCUT2D eigenvalue weighted by Gasteiger charge is -2.22. The first-order valence-corrected chi connectivity index (χ1v) is 5.23. The second kappa shape index (κ2) is 5.43. The van der Waals surface area contributed by atoms with Gasteiger partial charge in [0.1, 0.15) is 11.5 Å². The van der Waals surface area contributed by atoms with E-state index in [0.717, 1.165) is 11.3 Å². The van der Waals surface area contributed by atoms with E-state index in [9.17, 15) is 4.79 Å². The average Bonchev–Trinajstić information content (AvgIpc) is 2.35. The molecule has 0 aliphatic heterocycles.